The molecule has 5 heteroatoms. The fourth-order valence-corrected chi connectivity index (χ4v) is 1.34. The first-order chi connectivity index (χ1) is 6.83. The topological polar surface area (TPSA) is 49.9 Å². The van der Waals surface area contributed by atoms with E-state index in [0.717, 1.165) is 0 Å². The molecule has 0 unspecified atom stereocenters. The lowest BCUT2D eigenvalue weighted by atomic mass is 9.96. The fraction of sp³-hybridized carbons (Fsp3) is 0.500. The first-order valence-corrected chi connectivity index (χ1v) is 4.55. The van der Waals surface area contributed by atoms with Crippen molar-refractivity contribution in [1.82, 2.24) is 0 Å². The molecule has 0 spiro atoms. The molecule has 3 N–H and O–H groups in total. The van der Waals surface area contributed by atoms with Crippen molar-refractivity contribution in [2.24, 2.45) is 11.1 Å². The molecule has 0 radical (unpaired) electrons. The smallest absolute Gasteiger partial charge is 0.325 e. The maximum Gasteiger partial charge on any atom is 0.398 e. The lowest BCUT2D eigenvalue weighted by Crippen LogP contribution is -2.25. The van der Waals surface area contributed by atoms with Crippen LogP contribution >= 0.6 is 0 Å². The molecule has 0 aromatic carbocycles. The third-order valence-electron chi connectivity index (χ3n) is 2.61. The summed E-state index contributed by atoms with van der Waals surface area (Å²) in [5, 5.41) is 7.18. The highest BCUT2D eigenvalue weighted by Crippen LogP contribution is 2.62. The van der Waals surface area contributed by atoms with Gasteiger partial charge in [0.2, 0.25) is 0 Å². The summed E-state index contributed by atoms with van der Waals surface area (Å²) in [6.45, 7) is 3.43. The molecular weight excluding hydrogens is 205 g/mol. The molecule has 1 rings (SSSR count). The minimum absolute atomic E-state index is 0.0167. The van der Waals surface area contributed by atoms with Crippen molar-refractivity contribution in [2.75, 3.05) is 6.54 Å². The molecule has 1 saturated carbocycles. The number of halogens is 3. The minimum Gasteiger partial charge on any atom is -0.325 e. The first kappa shape index (κ1) is 12.0. The minimum atomic E-state index is -4.24. The van der Waals surface area contributed by atoms with Crippen molar-refractivity contribution in [3.05, 3.63) is 24.3 Å². The van der Waals surface area contributed by atoms with E-state index in [1.165, 1.54) is 12.2 Å². The van der Waals surface area contributed by atoms with Gasteiger partial charge in [-0.1, -0.05) is 12.7 Å². The van der Waals surface area contributed by atoms with Gasteiger partial charge in [0.15, 0.2) is 0 Å². The van der Waals surface area contributed by atoms with Crippen molar-refractivity contribution in [3.63, 3.8) is 0 Å². The summed E-state index contributed by atoms with van der Waals surface area (Å²) in [4.78, 5) is 0. The number of alkyl halides is 3. The van der Waals surface area contributed by atoms with Crippen LogP contribution in [0.2, 0.25) is 0 Å². The van der Waals surface area contributed by atoms with Crippen molar-refractivity contribution in [2.45, 2.75) is 19.0 Å². The maximum atomic E-state index is 12.6. The SMILES string of the molecule is C=C(/C=C\C(=N)CN)C1(C(F)(F)F)CC1. The molecule has 1 aliphatic rings. The second kappa shape index (κ2) is 3.81. The molecule has 0 heterocycles. The van der Waals surface area contributed by atoms with Gasteiger partial charge >= 0.3 is 6.18 Å². The van der Waals surface area contributed by atoms with E-state index in [1.807, 2.05) is 0 Å². The third-order valence-corrected chi connectivity index (χ3v) is 2.61. The summed E-state index contributed by atoms with van der Waals surface area (Å²) >= 11 is 0. The quantitative estimate of drug-likeness (QED) is 0.552. The summed E-state index contributed by atoms with van der Waals surface area (Å²) in [5.41, 5.74) is 3.52. The molecule has 0 aromatic rings. The van der Waals surface area contributed by atoms with Gasteiger partial charge in [-0.2, -0.15) is 13.2 Å². The summed E-state index contributed by atoms with van der Waals surface area (Å²) < 4.78 is 37.7. The van der Waals surface area contributed by atoms with Crippen LogP contribution in [0.3, 0.4) is 0 Å². The third kappa shape index (κ3) is 2.28. The van der Waals surface area contributed by atoms with Crippen LogP contribution in [0.1, 0.15) is 12.8 Å². The largest absolute Gasteiger partial charge is 0.398 e. The molecule has 0 bridgehead atoms. The van der Waals surface area contributed by atoms with Crippen LogP contribution in [0.4, 0.5) is 13.2 Å². The van der Waals surface area contributed by atoms with Gasteiger partial charge in [-0.25, -0.2) is 0 Å². The molecule has 15 heavy (non-hydrogen) atoms. The summed E-state index contributed by atoms with van der Waals surface area (Å²) in [5.74, 6) is 0. The van der Waals surface area contributed by atoms with Gasteiger partial charge in [0.25, 0.3) is 0 Å². The Balaban J connectivity index is 2.71. The van der Waals surface area contributed by atoms with E-state index in [9.17, 15) is 13.2 Å². The number of nitrogens with one attached hydrogen (secondary N) is 1. The van der Waals surface area contributed by atoms with E-state index in [4.69, 9.17) is 11.1 Å². The Labute approximate surface area is 86.2 Å². The molecule has 1 aliphatic carbocycles. The molecule has 0 amide bonds. The Morgan fingerprint density at radius 2 is 1.93 bits per heavy atom. The average Bonchev–Trinajstić information content (AvgIpc) is 2.92. The Morgan fingerprint density at radius 3 is 2.27 bits per heavy atom. The van der Waals surface area contributed by atoms with E-state index in [2.05, 4.69) is 6.58 Å². The molecule has 2 nitrogen and oxygen atoms in total. The predicted molar refractivity (Wildman–Crippen MR) is 52.8 cm³/mol. The highest BCUT2D eigenvalue weighted by Gasteiger charge is 2.64. The van der Waals surface area contributed by atoms with Crippen LogP contribution < -0.4 is 5.73 Å². The molecule has 1 fully saturated rings. The van der Waals surface area contributed by atoms with Crippen LogP contribution in [0, 0.1) is 10.8 Å². The van der Waals surface area contributed by atoms with Crippen molar-refractivity contribution in [3.8, 4) is 0 Å². The van der Waals surface area contributed by atoms with Crippen LogP contribution in [-0.2, 0) is 0 Å². The predicted octanol–water partition coefficient (Wildman–Crippen LogP) is 2.42. The molecule has 0 aromatic heterocycles. The van der Waals surface area contributed by atoms with E-state index in [-0.39, 0.29) is 30.7 Å². The Morgan fingerprint density at radius 1 is 1.40 bits per heavy atom. The first-order valence-electron chi connectivity index (χ1n) is 4.55. The van der Waals surface area contributed by atoms with Crippen molar-refractivity contribution in [1.29, 1.82) is 5.41 Å². The maximum absolute atomic E-state index is 12.6. The van der Waals surface area contributed by atoms with Gasteiger partial charge in [0.05, 0.1) is 5.41 Å². The highest BCUT2D eigenvalue weighted by molar-refractivity contribution is 5.94. The van der Waals surface area contributed by atoms with Gasteiger partial charge in [-0.15, -0.1) is 0 Å². The van der Waals surface area contributed by atoms with E-state index in [0.29, 0.717) is 0 Å². The second-order valence-electron chi connectivity index (χ2n) is 3.67. The van der Waals surface area contributed by atoms with E-state index >= 15 is 0 Å². The summed E-state index contributed by atoms with van der Waals surface area (Å²) in [6, 6.07) is 0. The zero-order chi connectivity index (χ0) is 11.7. The van der Waals surface area contributed by atoms with Crippen LogP contribution in [-0.4, -0.2) is 18.4 Å². The number of hydrogen-bond acceptors (Lipinski definition) is 2. The molecule has 0 saturated heterocycles. The summed E-state index contributed by atoms with van der Waals surface area (Å²) in [7, 11) is 0. The number of allylic oxidation sites excluding steroid dienone is 2. The van der Waals surface area contributed by atoms with Crippen LogP contribution in [0.15, 0.2) is 24.3 Å². The van der Waals surface area contributed by atoms with Gasteiger partial charge < -0.3 is 11.1 Å². The lowest BCUT2D eigenvalue weighted by Gasteiger charge is -2.19. The molecular formula is C10H13F3N2. The highest BCUT2D eigenvalue weighted by atomic mass is 19.4. The van der Waals surface area contributed by atoms with Gasteiger partial charge in [-0.3, -0.25) is 0 Å². The monoisotopic (exact) mass is 218 g/mol. The fourth-order valence-electron chi connectivity index (χ4n) is 1.34. The second-order valence-corrected chi connectivity index (χ2v) is 3.67. The zero-order valence-corrected chi connectivity index (χ0v) is 8.19. The number of hydrogen-bond donors (Lipinski definition) is 2. The Bertz CT molecular complexity index is 311. The van der Waals surface area contributed by atoms with Crippen LogP contribution in [0.25, 0.3) is 0 Å². The van der Waals surface area contributed by atoms with Gasteiger partial charge in [-0.05, 0) is 24.5 Å². The van der Waals surface area contributed by atoms with Crippen LogP contribution in [0.5, 0.6) is 0 Å². The normalized spacial score (nSPS) is 19.2. The standard InChI is InChI=1S/C10H13F3N2/c1-7(2-3-8(15)6-14)9(4-5-9)10(11,12)13/h2-3,15H,1,4-6,14H2/b3-2-,15-8?. The zero-order valence-electron chi connectivity index (χ0n) is 8.19. The number of rotatable bonds is 4. The summed E-state index contributed by atoms with van der Waals surface area (Å²) in [6.07, 6.45) is -1.53. The van der Waals surface area contributed by atoms with E-state index in [1.54, 1.807) is 0 Å². The Kier molecular flexibility index (Phi) is 3.04. The van der Waals surface area contributed by atoms with Gasteiger partial charge in [0.1, 0.15) is 0 Å². The average molecular weight is 218 g/mol. The molecule has 0 atom stereocenters. The van der Waals surface area contributed by atoms with E-state index < -0.39 is 11.6 Å². The number of nitrogens with two attached hydrogens (primary N) is 1. The molecule has 84 valence electrons. The lowest BCUT2D eigenvalue weighted by molar-refractivity contribution is -0.174. The molecule has 0 aliphatic heterocycles. The van der Waals surface area contributed by atoms with Crippen molar-refractivity contribution < 1.29 is 13.2 Å². The Hall–Kier alpha value is -1.10. The van der Waals surface area contributed by atoms with Gasteiger partial charge in [0, 0.05) is 12.3 Å². The van der Waals surface area contributed by atoms with Crippen molar-refractivity contribution >= 4 is 5.71 Å².